The average molecular weight is 190 g/mol. The Balaban J connectivity index is 2.50. The second kappa shape index (κ2) is 4.91. The number of rotatable bonds is 1. The van der Waals surface area contributed by atoms with E-state index in [2.05, 4.69) is 0 Å². The van der Waals surface area contributed by atoms with Crippen molar-refractivity contribution in [2.75, 3.05) is 6.61 Å². The predicted octanol–water partition coefficient (Wildman–Crippen LogP) is -0.137. The van der Waals surface area contributed by atoms with E-state index in [4.69, 9.17) is 9.84 Å². The fraction of sp³-hybridized carbons (Fsp3) is 1.00. The fourth-order valence-electron chi connectivity index (χ4n) is 1.69. The summed E-state index contributed by atoms with van der Waals surface area (Å²) < 4.78 is 5.17. The Morgan fingerprint density at radius 3 is 2.62 bits per heavy atom. The van der Waals surface area contributed by atoms with Crippen LogP contribution in [0.5, 0.6) is 0 Å². The molecule has 4 atom stereocenters. The molecule has 4 nitrogen and oxygen atoms in total. The molecule has 0 aromatic heterocycles. The van der Waals surface area contributed by atoms with Crippen LogP contribution in [-0.4, -0.2) is 40.4 Å². The van der Waals surface area contributed by atoms with Crippen LogP contribution in [0, 0.1) is 5.92 Å². The van der Waals surface area contributed by atoms with E-state index in [9.17, 15) is 10.2 Å². The first-order valence-corrected chi connectivity index (χ1v) is 4.76. The van der Waals surface area contributed by atoms with Crippen molar-refractivity contribution in [2.24, 2.45) is 5.92 Å². The number of aliphatic hydroxyl groups excluding tert-OH is 3. The minimum atomic E-state index is -0.753. The summed E-state index contributed by atoms with van der Waals surface area (Å²) >= 11 is 0. The molecule has 78 valence electrons. The quantitative estimate of drug-likeness (QED) is 0.538. The van der Waals surface area contributed by atoms with Crippen LogP contribution in [0.4, 0.5) is 0 Å². The van der Waals surface area contributed by atoms with E-state index in [0.29, 0.717) is 19.3 Å². The van der Waals surface area contributed by atoms with Gasteiger partial charge in [0.25, 0.3) is 0 Å². The van der Waals surface area contributed by atoms with Gasteiger partial charge in [0.05, 0.1) is 12.2 Å². The molecule has 0 saturated carbocycles. The molecule has 1 aliphatic rings. The lowest BCUT2D eigenvalue weighted by Gasteiger charge is -2.29. The molecule has 13 heavy (non-hydrogen) atoms. The van der Waals surface area contributed by atoms with E-state index in [1.54, 1.807) is 0 Å². The summed E-state index contributed by atoms with van der Waals surface area (Å²) in [5.41, 5.74) is 0. The van der Waals surface area contributed by atoms with Crippen LogP contribution in [-0.2, 0) is 4.74 Å². The minimum Gasteiger partial charge on any atom is -0.396 e. The zero-order valence-corrected chi connectivity index (χ0v) is 7.89. The molecule has 0 radical (unpaired) electrons. The lowest BCUT2D eigenvalue weighted by Crippen LogP contribution is -2.34. The Bertz CT molecular complexity index is 151. The first-order chi connectivity index (χ1) is 6.13. The summed E-state index contributed by atoms with van der Waals surface area (Å²) in [6, 6.07) is 0. The lowest BCUT2D eigenvalue weighted by atomic mass is 9.92. The second-order valence-electron chi connectivity index (χ2n) is 3.72. The third kappa shape index (κ3) is 3.23. The van der Waals surface area contributed by atoms with Crippen molar-refractivity contribution in [2.45, 2.75) is 44.7 Å². The van der Waals surface area contributed by atoms with Crippen LogP contribution in [0.2, 0.25) is 0 Å². The molecule has 1 heterocycles. The van der Waals surface area contributed by atoms with Gasteiger partial charge in [-0.3, -0.25) is 0 Å². The molecule has 1 unspecified atom stereocenters. The van der Waals surface area contributed by atoms with E-state index in [1.165, 1.54) is 0 Å². The number of hydrogen-bond acceptors (Lipinski definition) is 4. The molecule has 1 saturated heterocycles. The molecule has 3 N–H and O–H groups in total. The SMILES string of the molecule is C[C@@H]1C[C@@H](O)[C@H](CO)CCC(O)O1. The van der Waals surface area contributed by atoms with Gasteiger partial charge in [-0.05, 0) is 26.2 Å². The Kier molecular flexibility index (Phi) is 4.12. The van der Waals surface area contributed by atoms with E-state index >= 15 is 0 Å². The topological polar surface area (TPSA) is 69.9 Å². The van der Waals surface area contributed by atoms with Gasteiger partial charge in [0, 0.05) is 12.5 Å². The van der Waals surface area contributed by atoms with Crippen molar-refractivity contribution in [3.63, 3.8) is 0 Å². The van der Waals surface area contributed by atoms with E-state index in [1.807, 2.05) is 6.92 Å². The molecule has 0 aromatic carbocycles. The largest absolute Gasteiger partial charge is 0.396 e. The molecule has 0 aromatic rings. The fourth-order valence-corrected chi connectivity index (χ4v) is 1.69. The minimum absolute atomic E-state index is 0.0272. The van der Waals surface area contributed by atoms with Crippen LogP contribution < -0.4 is 0 Å². The van der Waals surface area contributed by atoms with Gasteiger partial charge in [-0.15, -0.1) is 0 Å². The van der Waals surface area contributed by atoms with Gasteiger partial charge in [0.2, 0.25) is 0 Å². The molecule has 1 fully saturated rings. The highest BCUT2D eigenvalue weighted by Gasteiger charge is 2.26. The normalized spacial score (nSPS) is 42.5. The third-order valence-corrected chi connectivity index (χ3v) is 2.53. The average Bonchev–Trinajstić information content (AvgIpc) is 2.02. The molecule has 0 spiro atoms. The summed E-state index contributed by atoms with van der Waals surface area (Å²) in [7, 11) is 0. The first kappa shape index (κ1) is 10.9. The maximum atomic E-state index is 9.61. The highest BCUT2D eigenvalue weighted by molar-refractivity contribution is 4.74. The van der Waals surface area contributed by atoms with Gasteiger partial charge in [-0.25, -0.2) is 0 Å². The van der Waals surface area contributed by atoms with Crippen LogP contribution in [0.15, 0.2) is 0 Å². The molecule has 1 aliphatic heterocycles. The van der Waals surface area contributed by atoms with Crippen molar-refractivity contribution in [1.29, 1.82) is 0 Å². The first-order valence-electron chi connectivity index (χ1n) is 4.76. The summed E-state index contributed by atoms with van der Waals surface area (Å²) in [4.78, 5) is 0. The zero-order chi connectivity index (χ0) is 9.84. The molecular weight excluding hydrogens is 172 g/mol. The Morgan fingerprint density at radius 2 is 2.00 bits per heavy atom. The number of aliphatic hydroxyl groups is 3. The zero-order valence-electron chi connectivity index (χ0n) is 7.89. The molecular formula is C9H18O4. The number of hydrogen-bond donors (Lipinski definition) is 3. The monoisotopic (exact) mass is 190 g/mol. The van der Waals surface area contributed by atoms with Crippen molar-refractivity contribution in [3.05, 3.63) is 0 Å². The van der Waals surface area contributed by atoms with Crippen molar-refractivity contribution < 1.29 is 20.1 Å². The predicted molar refractivity (Wildman–Crippen MR) is 47.0 cm³/mol. The smallest absolute Gasteiger partial charge is 0.154 e. The van der Waals surface area contributed by atoms with Crippen molar-refractivity contribution in [3.8, 4) is 0 Å². The highest BCUT2D eigenvalue weighted by atomic mass is 16.6. The third-order valence-electron chi connectivity index (χ3n) is 2.53. The van der Waals surface area contributed by atoms with E-state index in [-0.39, 0.29) is 18.6 Å². The molecule has 1 rings (SSSR count). The highest BCUT2D eigenvalue weighted by Crippen LogP contribution is 2.22. The maximum absolute atomic E-state index is 9.61. The molecule has 0 aliphatic carbocycles. The van der Waals surface area contributed by atoms with Gasteiger partial charge in [-0.1, -0.05) is 0 Å². The van der Waals surface area contributed by atoms with Gasteiger partial charge in [0.15, 0.2) is 6.29 Å². The van der Waals surface area contributed by atoms with E-state index < -0.39 is 12.4 Å². The van der Waals surface area contributed by atoms with Gasteiger partial charge < -0.3 is 20.1 Å². The number of ether oxygens (including phenoxy) is 1. The Hall–Kier alpha value is -0.160. The molecule has 0 amide bonds. The maximum Gasteiger partial charge on any atom is 0.154 e. The van der Waals surface area contributed by atoms with Crippen LogP contribution >= 0.6 is 0 Å². The van der Waals surface area contributed by atoms with Crippen molar-refractivity contribution >= 4 is 0 Å². The lowest BCUT2D eigenvalue weighted by molar-refractivity contribution is -0.159. The van der Waals surface area contributed by atoms with Gasteiger partial charge in [0.1, 0.15) is 0 Å². The Morgan fingerprint density at radius 1 is 1.31 bits per heavy atom. The summed E-state index contributed by atoms with van der Waals surface area (Å²) in [5, 5.41) is 27.9. The van der Waals surface area contributed by atoms with Gasteiger partial charge >= 0.3 is 0 Å². The van der Waals surface area contributed by atoms with Crippen LogP contribution in [0.1, 0.15) is 26.2 Å². The Labute approximate surface area is 78.1 Å². The standard InChI is InChI=1S/C9H18O4/c1-6-4-8(11)7(5-10)2-3-9(12)13-6/h6-12H,2-5H2,1H3/t6-,7+,8-,9?/m1/s1. The van der Waals surface area contributed by atoms with Crippen molar-refractivity contribution in [1.82, 2.24) is 0 Å². The van der Waals surface area contributed by atoms with Crippen LogP contribution in [0.25, 0.3) is 0 Å². The summed E-state index contributed by atoms with van der Waals surface area (Å²) in [5.74, 6) is -0.124. The summed E-state index contributed by atoms with van der Waals surface area (Å²) in [6.45, 7) is 1.78. The molecule has 4 heteroatoms. The van der Waals surface area contributed by atoms with E-state index in [0.717, 1.165) is 0 Å². The second-order valence-corrected chi connectivity index (χ2v) is 3.72. The molecule has 0 bridgehead atoms. The van der Waals surface area contributed by atoms with Gasteiger partial charge in [-0.2, -0.15) is 0 Å². The summed E-state index contributed by atoms with van der Waals surface area (Å²) in [6.07, 6.45) is 0.129. The van der Waals surface area contributed by atoms with Crippen LogP contribution in [0.3, 0.4) is 0 Å².